The van der Waals surface area contributed by atoms with Crippen molar-refractivity contribution in [3.63, 3.8) is 0 Å². The molecule has 18 rings (SSSR count). The minimum absolute atomic E-state index is 0. The molecule has 2 fully saturated rings. The highest BCUT2D eigenvalue weighted by Crippen LogP contribution is 2.37. The van der Waals surface area contributed by atoms with E-state index < -0.39 is 0 Å². The van der Waals surface area contributed by atoms with Gasteiger partial charge in [0.1, 0.15) is 5.75 Å². The Balaban J connectivity index is 0.000000302. The Morgan fingerprint density at radius 1 is 0.326 bits per heavy atom. The number of hydrogen-bond donors (Lipinski definition) is 1. The summed E-state index contributed by atoms with van der Waals surface area (Å²) >= 11 is 11.4. The molecule has 129 heavy (non-hydrogen) atoms. The lowest BCUT2D eigenvalue weighted by atomic mass is 9.79. The van der Waals surface area contributed by atoms with E-state index >= 15 is 0 Å². The largest absolute Gasteiger partial charge is 0.497 e. The zero-order valence-electron chi connectivity index (χ0n) is 74.9. The summed E-state index contributed by atoms with van der Waals surface area (Å²) < 4.78 is 5.11. The Morgan fingerprint density at radius 3 is 1.07 bits per heavy atom. The number of methoxy groups -OCH3 is 1. The molecule has 1 aliphatic heterocycles. The molecule has 3 nitrogen and oxygen atoms in total. The maximum Gasteiger partial charge on any atom is 0.118 e. The average molecular weight is 1790 g/mol. The van der Waals surface area contributed by atoms with Crippen molar-refractivity contribution in [2.45, 2.75) is 191 Å². The fourth-order valence-electron chi connectivity index (χ4n) is 14.5. The third-order valence-corrected chi connectivity index (χ3v) is 25.5. The Bertz CT molecular complexity index is 5510. The van der Waals surface area contributed by atoms with Crippen LogP contribution in [0.5, 0.6) is 5.75 Å². The molecule has 0 bridgehead atoms. The van der Waals surface area contributed by atoms with Gasteiger partial charge in [0.25, 0.3) is 0 Å². The van der Waals surface area contributed by atoms with Gasteiger partial charge in [-0.2, -0.15) is 0 Å². The molecule has 4 heterocycles. The zero-order chi connectivity index (χ0) is 87.2. The van der Waals surface area contributed by atoms with Crippen molar-refractivity contribution < 1.29 is 4.74 Å². The first-order chi connectivity index (χ1) is 59.6. The van der Waals surface area contributed by atoms with Crippen LogP contribution in [0, 0.1) is 68.2 Å². The van der Waals surface area contributed by atoms with Gasteiger partial charge in [0, 0.05) is 66.2 Å². The predicted molar refractivity (Wildman–Crippen MR) is 583 cm³/mol. The number of anilines is 1. The van der Waals surface area contributed by atoms with Crippen molar-refractivity contribution in [1.29, 1.82) is 0 Å². The highest BCUT2D eigenvalue weighted by molar-refractivity contribution is 7.16. The summed E-state index contributed by atoms with van der Waals surface area (Å²) in [5.74, 6) is 2.61. The second-order valence-electron chi connectivity index (χ2n) is 32.4. The van der Waals surface area contributed by atoms with E-state index in [-0.39, 0.29) is 44.6 Å². The van der Waals surface area contributed by atoms with Gasteiger partial charge in [-0.25, -0.2) is 0 Å². The van der Waals surface area contributed by atoms with Gasteiger partial charge in [-0.05, 0) is 282 Å². The van der Waals surface area contributed by atoms with Crippen LogP contribution < -0.4 is 15.0 Å². The number of benzene rings is 13. The fraction of sp³-hybridized carbons (Fsp3) is 0.262. The van der Waals surface area contributed by atoms with E-state index in [0.29, 0.717) is 12.1 Å². The van der Waals surface area contributed by atoms with Crippen LogP contribution in [0.1, 0.15) is 181 Å². The summed E-state index contributed by atoms with van der Waals surface area (Å²) in [6.45, 7) is 25.9. The molecule has 2 atom stereocenters. The molecule has 7 heteroatoms. The number of nitrogens with zero attached hydrogens (tertiary/aromatic N) is 1. The molecule has 1 saturated heterocycles. The smallest absolute Gasteiger partial charge is 0.118 e. The minimum Gasteiger partial charge on any atom is -0.497 e. The number of thiophene rings is 3. The van der Waals surface area contributed by atoms with Crippen LogP contribution in [0.2, 0.25) is 5.02 Å². The van der Waals surface area contributed by atoms with Crippen LogP contribution >= 0.6 is 45.6 Å². The second-order valence-corrected chi connectivity index (χ2v) is 36.7. The Kier molecular flexibility index (Phi) is 49.8. The van der Waals surface area contributed by atoms with E-state index in [4.69, 9.17) is 16.3 Å². The van der Waals surface area contributed by atoms with Crippen LogP contribution in [-0.2, 0) is 6.42 Å². The van der Waals surface area contributed by atoms with Gasteiger partial charge in [-0.1, -0.05) is 396 Å². The first-order valence-electron chi connectivity index (χ1n) is 43.4. The Labute approximate surface area is 799 Å². The molecule has 678 valence electrons. The van der Waals surface area contributed by atoms with E-state index in [2.05, 4.69) is 441 Å². The highest BCUT2D eigenvalue weighted by Gasteiger charge is 2.22. The molecule has 0 radical (unpaired) electrons. The first-order valence-corrected chi connectivity index (χ1v) is 46.2. The van der Waals surface area contributed by atoms with E-state index in [1.165, 1.54) is 185 Å². The van der Waals surface area contributed by atoms with Gasteiger partial charge in [0.15, 0.2) is 0 Å². The van der Waals surface area contributed by atoms with Crippen LogP contribution in [0.15, 0.2) is 370 Å². The first kappa shape index (κ1) is 110. The van der Waals surface area contributed by atoms with Gasteiger partial charge >= 0.3 is 0 Å². The monoisotopic (exact) mass is 1790 g/mol. The summed E-state index contributed by atoms with van der Waals surface area (Å²) in [7, 11) is 5.80. The van der Waals surface area contributed by atoms with Gasteiger partial charge in [-0.15, -0.1) is 34.0 Å². The summed E-state index contributed by atoms with van der Waals surface area (Å²) in [6.07, 6.45) is 9.17. The third kappa shape index (κ3) is 37.1. The van der Waals surface area contributed by atoms with Crippen LogP contribution in [0.4, 0.5) is 5.69 Å². The van der Waals surface area contributed by atoms with Crippen LogP contribution in [0.3, 0.4) is 0 Å². The van der Waals surface area contributed by atoms with Crippen molar-refractivity contribution in [3.05, 3.63) is 440 Å². The summed E-state index contributed by atoms with van der Waals surface area (Å²) in [5.41, 5.74) is 27.6. The van der Waals surface area contributed by atoms with Gasteiger partial charge in [0.05, 0.1) is 7.11 Å². The van der Waals surface area contributed by atoms with Crippen LogP contribution in [0.25, 0.3) is 75.8 Å². The van der Waals surface area contributed by atoms with E-state index in [9.17, 15) is 0 Å². The molecule has 16 aromatic rings. The lowest BCUT2D eigenvalue weighted by Gasteiger charge is -2.26. The van der Waals surface area contributed by atoms with Crippen molar-refractivity contribution in [3.8, 4) is 81.6 Å². The lowest BCUT2D eigenvalue weighted by molar-refractivity contribution is 0.348. The zero-order valence-corrected chi connectivity index (χ0v) is 78.1. The molecule has 1 N–H and O–H groups in total. The Hall–Kier alpha value is -11.2. The molecular formula is C122H149ClN2OS3. The number of hydrogen-bond acceptors (Lipinski definition) is 6. The normalized spacial score (nSPS) is 13.3. The standard InChI is InChI=1S/C15H17N.2C14H14.C13H17Cl.C13H14S.C13H12.C12H12OS.C11H15N.C11H10S.6CH4/c1-12-4-6-13(7-5-12)14-8-10-15(11-9-14)16(2)3;1-11-3-7-13(8-4-11)14-9-5-12(2)6-10-14;1-11-7-9-13(10-8-11)14-6-4-3-5-12(14)2;1-10-2-4-11(5-3-10)12-6-8-13(14)9-7-12;1-3-11-5-7-12(8-6-11)13-9-4-10(2)14-13;1-11-6-5-9-13(10-11)12-7-3-2-4-8-12;1-9-3-8-12(14-9)10-4-6-11(13-2)7-5-10;2*1-9-7-8-11(12-9)10-5-3-2-4-6-10;;;;;;/h4-11H,1-3H3;2*3-10H,1-2H3;6-11H,2-5H2,1H3;4-9H,3H2,1-2H3;2-10H,1H3;3-8H,1-2H3;2-6,9,11-12H,7-8H2,1H3;2-8H,1H3;6*1H4. The third-order valence-electron chi connectivity index (χ3n) is 22.1. The van der Waals surface area contributed by atoms with Gasteiger partial charge in [-0.3, -0.25) is 0 Å². The number of nitrogens with one attached hydrogen (secondary N) is 1. The summed E-state index contributed by atoms with van der Waals surface area (Å²) in [5, 5.41) is 4.42. The van der Waals surface area contributed by atoms with Crippen molar-refractivity contribution >= 4 is 51.3 Å². The van der Waals surface area contributed by atoms with Crippen LogP contribution in [-0.4, -0.2) is 27.2 Å². The van der Waals surface area contributed by atoms with Crippen molar-refractivity contribution in [2.24, 2.45) is 5.92 Å². The number of halogens is 1. The van der Waals surface area contributed by atoms with Gasteiger partial charge < -0.3 is 15.0 Å². The summed E-state index contributed by atoms with van der Waals surface area (Å²) in [6, 6.07) is 132. The number of aryl methyl sites for hydroxylation is 10. The number of ether oxygens (including phenoxy) is 1. The molecule has 2 unspecified atom stereocenters. The minimum atomic E-state index is 0. The topological polar surface area (TPSA) is 24.5 Å². The number of rotatable bonds is 12. The predicted octanol–water partition coefficient (Wildman–Crippen LogP) is 38.0. The van der Waals surface area contributed by atoms with Crippen molar-refractivity contribution in [1.82, 2.24) is 5.32 Å². The molecule has 1 saturated carbocycles. The second kappa shape index (κ2) is 58.4. The average Bonchev–Trinajstić information content (AvgIpc) is 1.60. The van der Waals surface area contributed by atoms with E-state index in [1.807, 2.05) is 70.4 Å². The molecule has 0 spiro atoms. The highest BCUT2D eigenvalue weighted by atomic mass is 35.5. The Morgan fingerprint density at radius 2 is 0.690 bits per heavy atom. The lowest BCUT2D eigenvalue weighted by Crippen LogP contribution is -2.20. The quantitative estimate of drug-likeness (QED) is 0.132. The molecule has 3 aromatic heterocycles. The molecular weight excluding hydrogens is 1640 g/mol. The van der Waals surface area contributed by atoms with Gasteiger partial charge in [0.2, 0.25) is 0 Å². The molecule has 1 aliphatic carbocycles. The van der Waals surface area contributed by atoms with Crippen molar-refractivity contribution in [2.75, 3.05) is 26.1 Å². The maximum atomic E-state index is 5.87. The molecule has 13 aromatic carbocycles. The summed E-state index contributed by atoms with van der Waals surface area (Å²) in [4.78, 5) is 10.2. The maximum absolute atomic E-state index is 5.87. The molecule has 2 aliphatic rings. The fourth-order valence-corrected chi connectivity index (χ4v) is 17.3. The van der Waals surface area contributed by atoms with E-state index in [0.717, 1.165) is 29.0 Å². The SMILES string of the molecule is C.C.C.C.C.C.CC1CCC(c2ccc(Cl)cc2)CC1.CC1CCC(c2ccccc2)N1.CCc1ccc(-c2ccc(C)s2)cc1.COc1ccc(-c2ccc(C)s2)cc1.Cc1ccc(-c2ccc(C)cc2)cc1.Cc1ccc(-c2ccc(N(C)C)cc2)cc1.Cc1ccc(-c2ccccc2)s1.Cc1ccc(-c2ccccc2C)cc1.Cc1cccc(-c2ccccc2)c1. The van der Waals surface area contributed by atoms with E-state index in [1.54, 1.807) is 7.11 Å². The molecule has 0 amide bonds.